The fourth-order valence-electron chi connectivity index (χ4n) is 19.1. The lowest BCUT2D eigenvalue weighted by atomic mass is 9.92. The fraction of sp³-hybridized carbons (Fsp3) is 0.217. The van der Waals surface area contributed by atoms with E-state index >= 15 is 0 Å². The molecule has 10 aromatic carbocycles. The van der Waals surface area contributed by atoms with Gasteiger partial charge >= 0.3 is 0 Å². The zero-order valence-electron chi connectivity index (χ0n) is 80.0. The minimum Gasteiger partial charge on any atom is -0.261 e. The summed E-state index contributed by atoms with van der Waals surface area (Å²) in [5.41, 5.74) is 37.3. The second-order valence-corrected chi connectivity index (χ2v) is 41.4. The molecular weight excluding hydrogens is 1620 g/mol. The molecule has 0 saturated carbocycles. The summed E-state index contributed by atoms with van der Waals surface area (Å²) >= 11 is 0. The Bertz CT molecular complexity index is 7580. The van der Waals surface area contributed by atoms with E-state index in [1.807, 2.05) is 61.3 Å². The van der Waals surface area contributed by atoms with Crippen LogP contribution in [0.15, 0.2) is 322 Å². The Morgan fingerprint density at radius 1 is 0.229 bits per heavy atom. The number of pyridine rings is 5. The Hall–Kier alpha value is -14.5. The molecule has 10 aromatic heterocycles. The summed E-state index contributed by atoms with van der Waals surface area (Å²) in [5, 5.41) is 1.47. The maximum atomic E-state index is 4.59. The number of imidazole rings is 5. The quantitative estimate of drug-likeness (QED) is 0.0796. The maximum absolute atomic E-state index is 4.59. The number of aromatic nitrogens is 15. The van der Waals surface area contributed by atoms with Crippen LogP contribution in [0, 0.1) is 55.4 Å². The Morgan fingerprint density at radius 3 is 0.802 bits per heavy atom. The number of aryl methyl sites for hydroxylation is 13. The highest BCUT2D eigenvalue weighted by Gasteiger charge is 2.37. The first-order valence-electron chi connectivity index (χ1n) is 45.7. The molecule has 10 heterocycles. The van der Waals surface area contributed by atoms with E-state index in [2.05, 4.69) is 483 Å². The van der Waals surface area contributed by atoms with Gasteiger partial charge in [-0.25, -0.2) is 22.8 Å². The van der Waals surface area contributed by atoms with Gasteiger partial charge < -0.3 is 0 Å². The molecule has 0 radical (unpaired) electrons. The molecule has 0 aliphatic rings. The molecule has 0 aliphatic carbocycles. The fourth-order valence-corrected chi connectivity index (χ4v) is 20.7. The lowest BCUT2D eigenvalue weighted by molar-refractivity contribution is -0.634. The topological polar surface area (TPSA) is 108 Å². The number of benzene rings is 10. The van der Waals surface area contributed by atoms with Crippen molar-refractivity contribution in [3.05, 3.63) is 384 Å². The maximum Gasteiger partial charge on any atom is 0.296 e. The summed E-state index contributed by atoms with van der Waals surface area (Å²) in [6, 6.07) is 103. The minimum atomic E-state index is -1.52. The normalized spacial score (nSPS) is 11.5. The third kappa shape index (κ3) is 17.2. The number of para-hydroxylation sites is 15. The van der Waals surface area contributed by atoms with E-state index in [9.17, 15) is 0 Å². The van der Waals surface area contributed by atoms with Crippen molar-refractivity contribution in [2.24, 2.45) is 35.2 Å². The highest BCUT2D eigenvalue weighted by atomic mass is 28.3. The largest absolute Gasteiger partial charge is 0.296 e. The predicted octanol–water partition coefficient (Wildman–Crippen LogP) is 24.0. The van der Waals surface area contributed by atoms with Crippen LogP contribution in [-0.4, -0.2) is 55.8 Å². The van der Waals surface area contributed by atoms with E-state index in [-0.39, 0.29) is 0 Å². The van der Waals surface area contributed by atoms with Crippen LogP contribution in [0.4, 0.5) is 0 Å². The van der Waals surface area contributed by atoms with E-state index in [1.165, 1.54) is 145 Å². The van der Waals surface area contributed by atoms with Gasteiger partial charge in [-0.15, -0.1) is 0 Å². The first-order chi connectivity index (χ1) is 63.2. The van der Waals surface area contributed by atoms with Crippen LogP contribution in [-0.2, 0) is 35.2 Å². The second kappa shape index (κ2) is 38.1. The summed E-state index contributed by atoms with van der Waals surface area (Å²) < 4.78 is 23.4. The first-order valence-corrected chi connectivity index (χ1v) is 49.2. The average molecular weight is 1740 g/mol. The van der Waals surface area contributed by atoms with Gasteiger partial charge in [0.1, 0.15) is 28.4 Å². The zero-order valence-corrected chi connectivity index (χ0v) is 81.0. The van der Waals surface area contributed by atoms with Gasteiger partial charge in [-0.2, -0.15) is 22.8 Å². The van der Waals surface area contributed by atoms with Crippen molar-refractivity contribution < 1.29 is 22.8 Å². The average Bonchev–Trinajstić information content (AvgIpc) is 1.61. The van der Waals surface area contributed by atoms with E-state index in [0.717, 1.165) is 62.6 Å². The SMILES string of the molecule is Cc1cccc(C)c1-n1c(-c2cccnc2C)[n+](C)c2ccccc21.Cc1ccccc1-n1c(-c2cccnc2C)[n+](C)c2ccccc21.Cc1ncccc1-c1n(-c2c(C(C)C)cccc2C(C)C)c2ccccc2[n+]1C.Cc1ncccc1-c1n(-c2ccccc2C(C)C)c2ccccc2[n+]1C.Cc1ncccc1-c1n(-c2ccccc2[Si](C)(C)C)c2ccccc2[n+]1C. The molecule has 16 heteroatoms. The Morgan fingerprint density at radius 2 is 0.473 bits per heavy atom. The third-order valence-corrected chi connectivity index (χ3v) is 27.7. The monoisotopic (exact) mass is 1740 g/mol. The molecule has 0 fully saturated rings. The Labute approximate surface area is 773 Å². The summed E-state index contributed by atoms with van der Waals surface area (Å²) in [4.78, 5) is 22.7. The van der Waals surface area contributed by atoms with Gasteiger partial charge in [0.2, 0.25) is 0 Å². The van der Waals surface area contributed by atoms with Crippen LogP contribution in [0.1, 0.15) is 121 Å². The van der Waals surface area contributed by atoms with Gasteiger partial charge in [0.25, 0.3) is 29.1 Å². The van der Waals surface area contributed by atoms with Crippen LogP contribution < -0.4 is 28.0 Å². The highest BCUT2D eigenvalue weighted by Crippen LogP contribution is 2.40. The molecular formula is C115H122N15Si+5. The van der Waals surface area contributed by atoms with Crippen molar-refractivity contribution in [3.63, 3.8) is 0 Å². The summed E-state index contributed by atoms with van der Waals surface area (Å²) in [6.07, 6.45) is 9.29. The molecule has 0 saturated heterocycles. The van der Waals surface area contributed by atoms with Crippen molar-refractivity contribution >= 4 is 68.4 Å². The molecule has 0 unspecified atom stereocenters. The van der Waals surface area contributed by atoms with Gasteiger partial charge in [0.05, 0.1) is 99.6 Å². The van der Waals surface area contributed by atoms with Gasteiger partial charge in [-0.1, -0.05) is 213 Å². The van der Waals surface area contributed by atoms with Crippen molar-refractivity contribution in [1.82, 2.24) is 47.8 Å². The third-order valence-electron chi connectivity index (χ3n) is 25.6. The molecule has 0 amide bonds. The van der Waals surface area contributed by atoms with Crippen molar-refractivity contribution in [3.8, 4) is 85.4 Å². The molecule has 0 atom stereocenters. The Balaban J connectivity index is 0.000000120. The van der Waals surface area contributed by atoms with Crippen LogP contribution in [0.3, 0.4) is 0 Å². The van der Waals surface area contributed by atoms with E-state index < -0.39 is 8.07 Å². The van der Waals surface area contributed by atoms with Gasteiger partial charge in [0.15, 0.2) is 55.2 Å². The van der Waals surface area contributed by atoms with Crippen LogP contribution in [0.2, 0.25) is 19.6 Å². The van der Waals surface area contributed by atoms with Gasteiger partial charge in [-0.3, -0.25) is 24.9 Å². The molecule has 0 aliphatic heterocycles. The lowest BCUT2D eigenvalue weighted by Crippen LogP contribution is -2.40. The van der Waals surface area contributed by atoms with Crippen LogP contribution in [0.25, 0.3) is 141 Å². The Kier molecular flexibility index (Phi) is 26.1. The van der Waals surface area contributed by atoms with E-state index in [0.29, 0.717) is 17.8 Å². The summed E-state index contributed by atoms with van der Waals surface area (Å²) in [6.45, 7) is 37.8. The molecule has 656 valence electrons. The van der Waals surface area contributed by atoms with Crippen molar-refractivity contribution in [2.75, 3.05) is 0 Å². The van der Waals surface area contributed by atoms with Gasteiger partial charge in [0, 0.05) is 47.7 Å². The standard InChI is InChI=1S/C26H30N3.C23H26N3Si.C23H24N3.C22H22N3.C21H20N3/c1-17(2)20-11-9-12-21(18(3)4)25(20)29-24-15-8-7-14-23(24)28(6)26(29)22-13-10-16-27-19(22)5;1-17-18(11-10-16-24-17)23-25(2)19-12-6-7-13-20(19)26(23)21-14-8-9-15-22(21)27(3,4)5;1-16(2)18-10-5-6-12-20(18)26-22-14-8-7-13-21(22)25(4)23(26)19-11-9-15-24-17(19)3;1-15-9-7-10-16(2)21(15)25-20-13-6-5-12-19(20)24(4)22(25)18-11-8-14-23-17(18)3;1-15-9-4-5-11-18(15)24-20-13-7-6-12-19(20)23(3)21(24)17-10-8-14-22-16(17)2/h7-18H,1-6H3;6-16H,1-5H3;5-16H,1-4H3;5-14H,1-4H3;4-14H,1-3H3/q5*+1. The van der Waals surface area contributed by atoms with Crippen LogP contribution >= 0.6 is 0 Å². The molecule has 0 spiro atoms. The van der Waals surface area contributed by atoms with Crippen molar-refractivity contribution in [1.29, 1.82) is 0 Å². The number of fused-ring (bicyclic) bond motifs is 5. The second-order valence-electron chi connectivity index (χ2n) is 36.3. The number of hydrogen-bond donors (Lipinski definition) is 0. The summed E-state index contributed by atoms with van der Waals surface area (Å²) in [7, 11) is 9.18. The predicted molar refractivity (Wildman–Crippen MR) is 542 cm³/mol. The van der Waals surface area contributed by atoms with Gasteiger partial charge in [-0.05, 0) is 235 Å². The first kappa shape index (κ1) is 89.9. The summed E-state index contributed by atoms with van der Waals surface area (Å²) in [5.74, 6) is 7.11. The zero-order chi connectivity index (χ0) is 92.4. The lowest BCUT2D eigenvalue weighted by Gasteiger charge is -2.19. The molecule has 20 rings (SSSR count). The molecule has 131 heavy (non-hydrogen) atoms. The highest BCUT2D eigenvalue weighted by molar-refractivity contribution is 6.89. The minimum absolute atomic E-state index is 0.429. The molecule has 20 aromatic rings. The number of hydrogen-bond acceptors (Lipinski definition) is 5. The molecule has 0 N–H and O–H groups in total. The van der Waals surface area contributed by atoms with E-state index in [4.69, 9.17) is 0 Å². The van der Waals surface area contributed by atoms with E-state index in [1.54, 1.807) is 0 Å². The van der Waals surface area contributed by atoms with Crippen LogP contribution in [0.5, 0.6) is 0 Å². The molecule has 15 nitrogen and oxygen atoms in total. The van der Waals surface area contributed by atoms with Crippen molar-refractivity contribution in [2.45, 2.75) is 134 Å². The number of nitrogens with zero attached hydrogens (tertiary/aromatic N) is 15. The smallest absolute Gasteiger partial charge is 0.261 e. The number of rotatable bonds is 14. The molecule has 0 bridgehead atoms.